The standard InChI is InChI=1S/C12H11FN4O3/c1-15-11(18)9-2-3-17(16-9)10-5-7(13)6(12(19)20)4-8(10)14/h2-5H,14H2,1H3,(H,15,18)(H,19,20). The number of anilines is 1. The Morgan fingerprint density at radius 2 is 2.15 bits per heavy atom. The van der Waals surface area contributed by atoms with E-state index in [1.54, 1.807) is 0 Å². The number of nitrogens with zero attached hydrogens (tertiary/aromatic N) is 2. The van der Waals surface area contributed by atoms with Crippen molar-refractivity contribution in [3.05, 3.63) is 41.5 Å². The quantitative estimate of drug-likeness (QED) is 0.714. The zero-order valence-electron chi connectivity index (χ0n) is 10.4. The maximum Gasteiger partial charge on any atom is 0.338 e. The van der Waals surface area contributed by atoms with E-state index in [9.17, 15) is 14.0 Å². The number of nitrogens with two attached hydrogens (primary N) is 1. The van der Waals surface area contributed by atoms with Crippen LogP contribution >= 0.6 is 0 Å². The molecule has 7 nitrogen and oxygen atoms in total. The molecule has 4 N–H and O–H groups in total. The van der Waals surface area contributed by atoms with Crippen molar-refractivity contribution in [1.29, 1.82) is 0 Å². The SMILES string of the molecule is CNC(=O)c1ccn(-c2cc(F)c(C(=O)O)cc2N)n1. The van der Waals surface area contributed by atoms with E-state index in [-0.39, 0.29) is 17.1 Å². The first-order valence-electron chi connectivity index (χ1n) is 5.54. The van der Waals surface area contributed by atoms with Crippen molar-refractivity contribution >= 4 is 17.6 Å². The van der Waals surface area contributed by atoms with Crippen molar-refractivity contribution in [3.8, 4) is 5.69 Å². The van der Waals surface area contributed by atoms with Gasteiger partial charge in [0.15, 0.2) is 5.69 Å². The van der Waals surface area contributed by atoms with Gasteiger partial charge in [-0.25, -0.2) is 13.9 Å². The molecule has 0 spiro atoms. The van der Waals surface area contributed by atoms with Crippen molar-refractivity contribution in [2.24, 2.45) is 0 Å². The number of aromatic carboxylic acids is 1. The van der Waals surface area contributed by atoms with Crippen LogP contribution in [0.3, 0.4) is 0 Å². The van der Waals surface area contributed by atoms with Gasteiger partial charge in [0, 0.05) is 19.3 Å². The number of carbonyl (C=O) groups excluding carboxylic acids is 1. The number of carboxylic acid groups (broad SMARTS) is 1. The van der Waals surface area contributed by atoms with Crippen LogP contribution in [0.5, 0.6) is 0 Å². The molecule has 8 heteroatoms. The minimum Gasteiger partial charge on any atom is -0.478 e. The molecule has 2 rings (SSSR count). The number of halogens is 1. The Kier molecular flexibility index (Phi) is 3.38. The highest BCUT2D eigenvalue weighted by atomic mass is 19.1. The summed E-state index contributed by atoms with van der Waals surface area (Å²) in [6.07, 6.45) is 1.43. The molecule has 20 heavy (non-hydrogen) atoms. The summed E-state index contributed by atoms with van der Waals surface area (Å²) in [6.45, 7) is 0. The van der Waals surface area contributed by atoms with E-state index < -0.39 is 23.3 Å². The predicted molar refractivity (Wildman–Crippen MR) is 68.3 cm³/mol. The lowest BCUT2D eigenvalue weighted by Crippen LogP contribution is -2.18. The van der Waals surface area contributed by atoms with E-state index in [1.165, 1.54) is 24.0 Å². The highest BCUT2D eigenvalue weighted by Crippen LogP contribution is 2.21. The molecule has 0 bridgehead atoms. The third-order valence-electron chi connectivity index (χ3n) is 2.64. The average molecular weight is 278 g/mol. The highest BCUT2D eigenvalue weighted by Gasteiger charge is 2.16. The Labute approximate surface area is 112 Å². The van der Waals surface area contributed by atoms with Crippen molar-refractivity contribution in [1.82, 2.24) is 15.1 Å². The van der Waals surface area contributed by atoms with Gasteiger partial charge in [0.2, 0.25) is 0 Å². The number of carbonyl (C=O) groups is 2. The Morgan fingerprint density at radius 3 is 2.75 bits per heavy atom. The van der Waals surface area contributed by atoms with Crippen LogP contribution < -0.4 is 11.1 Å². The van der Waals surface area contributed by atoms with Crippen molar-refractivity contribution in [2.75, 3.05) is 12.8 Å². The minimum atomic E-state index is -1.41. The van der Waals surface area contributed by atoms with Gasteiger partial charge >= 0.3 is 5.97 Å². The molecule has 0 aliphatic rings. The largest absolute Gasteiger partial charge is 0.478 e. The summed E-state index contributed by atoms with van der Waals surface area (Å²) in [7, 11) is 1.46. The first-order valence-corrected chi connectivity index (χ1v) is 5.54. The van der Waals surface area contributed by atoms with E-state index in [1.807, 2.05) is 0 Å². The van der Waals surface area contributed by atoms with E-state index in [0.29, 0.717) is 0 Å². The van der Waals surface area contributed by atoms with E-state index >= 15 is 0 Å². The van der Waals surface area contributed by atoms with Crippen molar-refractivity contribution in [3.63, 3.8) is 0 Å². The first-order chi connectivity index (χ1) is 9.43. The highest BCUT2D eigenvalue weighted by molar-refractivity contribution is 5.92. The number of rotatable bonds is 3. The number of benzene rings is 1. The number of aromatic nitrogens is 2. The van der Waals surface area contributed by atoms with E-state index in [4.69, 9.17) is 10.8 Å². The lowest BCUT2D eigenvalue weighted by atomic mass is 10.1. The third kappa shape index (κ3) is 2.30. The van der Waals surface area contributed by atoms with Gasteiger partial charge in [0.1, 0.15) is 5.82 Å². The van der Waals surface area contributed by atoms with Crippen molar-refractivity contribution in [2.45, 2.75) is 0 Å². The molecule has 0 aliphatic carbocycles. The Balaban J connectivity index is 2.48. The summed E-state index contributed by atoms with van der Waals surface area (Å²) in [5.41, 5.74) is 5.49. The van der Waals surface area contributed by atoms with Crippen LogP contribution in [-0.2, 0) is 0 Å². The number of carboxylic acids is 1. The second-order valence-corrected chi connectivity index (χ2v) is 3.92. The predicted octanol–water partition coefficient (Wildman–Crippen LogP) is 0.651. The van der Waals surface area contributed by atoms with Gasteiger partial charge in [0.05, 0.1) is 16.9 Å². The number of amides is 1. The number of nitrogen functional groups attached to an aromatic ring is 1. The number of nitrogens with one attached hydrogen (secondary N) is 1. The van der Waals surface area contributed by atoms with Crippen LogP contribution in [0.25, 0.3) is 5.69 Å². The monoisotopic (exact) mass is 278 g/mol. The molecule has 0 saturated heterocycles. The molecule has 1 aromatic carbocycles. The second-order valence-electron chi connectivity index (χ2n) is 3.92. The molecule has 1 amide bonds. The topological polar surface area (TPSA) is 110 Å². The summed E-state index contributed by atoms with van der Waals surface area (Å²) in [6, 6.07) is 3.40. The van der Waals surface area contributed by atoms with Gasteiger partial charge in [0.25, 0.3) is 5.91 Å². The van der Waals surface area contributed by atoms with Gasteiger partial charge in [-0.05, 0) is 12.1 Å². The molecular weight excluding hydrogens is 267 g/mol. The van der Waals surface area contributed by atoms with Gasteiger partial charge in [-0.3, -0.25) is 4.79 Å². The van der Waals surface area contributed by atoms with Crippen LogP contribution in [0.1, 0.15) is 20.8 Å². The first kappa shape index (κ1) is 13.5. The molecule has 1 heterocycles. The van der Waals surface area contributed by atoms with E-state index in [2.05, 4.69) is 10.4 Å². The number of hydrogen-bond acceptors (Lipinski definition) is 4. The lowest BCUT2D eigenvalue weighted by molar-refractivity contribution is 0.0691. The van der Waals surface area contributed by atoms with Crippen LogP contribution in [0.4, 0.5) is 10.1 Å². The molecule has 0 radical (unpaired) electrons. The van der Waals surface area contributed by atoms with Gasteiger partial charge < -0.3 is 16.2 Å². The van der Waals surface area contributed by atoms with Crippen molar-refractivity contribution < 1.29 is 19.1 Å². The lowest BCUT2D eigenvalue weighted by Gasteiger charge is -2.07. The third-order valence-corrected chi connectivity index (χ3v) is 2.64. The molecule has 0 fully saturated rings. The molecule has 2 aromatic rings. The van der Waals surface area contributed by atoms with Gasteiger partial charge in [-0.1, -0.05) is 0 Å². The molecular formula is C12H11FN4O3. The van der Waals surface area contributed by atoms with Crippen LogP contribution in [-0.4, -0.2) is 33.8 Å². The maximum atomic E-state index is 13.6. The summed E-state index contributed by atoms with van der Waals surface area (Å²) in [5, 5.41) is 15.1. The molecule has 0 saturated carbocycles. The van der Waals surface area contributed by atoms with E-state index in [0.717, 1.165) is 12.1 Å². The fourth-order valence-electron chi connectivity index (χ4n) is 1.65. The number of hydrogen-bond donors (Lipinski definition) is 3. The van der Waals surface area contributed by atoms with Gasteiger partial charge in [-0.2, -0.15) is 5.10 Å². The fourth-order valence-corrected chi connectivity index (χ4v) is 1.65. The summed E-state index contributed by atoms with van der Waals surface area (Å²) >= 11 is 0. The minimum absolute atomic E-state index is 0.0374. The zero-order valence-corrected chi connectivity index (χ0v) is 10.4. The van der Waals surface area contributed by atoms with Crippen LogP contribution in [0.2, 0.25) is 0 Å². The normalized spacial score (nSPS) is 10.3. The molecule has 1 aromatic heterocycles. The zero-order chi connectivity index (χ0) is 14.9. The molecule has 0 unspecified atom stereocenters. The average Bonchev–Trinajstić information content (AvgIpc) is 2.89. The Hall–Kier alpha value is -2.90. The van der Waals surface area contributed by atoms with Gasteiger partial charge in [-0.15, -0.1) is 0 Å². The van der Waals surface area contributed by atoms with Crippen LogP contribution in [0, 0.1) is 5.82 Å². The fraction of sp³-hybridized carbons (Fsp3) is 0.0833. The second kappa shape index (κ2) is 5.00. The summed E-state index contributed by atoms with van der Waals surface area (Å²) in [4.78, 5) is 22.2. The summed E-state index contributed by atoms with van der Waals surface area (Å²) in [5.74, 6) is -2.74. The Bertz CT molecular complexity index is 696. The Morgan fingerprint density at radius 1 is 1.45 bits per heavy atom. The molecule has 0 aliphatic heterocycles. The summed E-state index contributed by atoms with van der Waals surface area (Å²) < 4.78 is 14.8. The van der Waals surface area contributed by atoms with Crippen LogP contribution in [0.15, 0.2) is 24.4 Å². The molecule has 0 atom stereocenters. The smallest absolute Gasteiger partial charge is 0.338 e. The molecule has 104 valence electrons. The maximum absolute atomic E-state index is 13.6.